The van der Waals surface area contributed by atoms with Gasteiger partial charge < -0.3 is 10.2 Å². The second-order valence-corrected chi connectivity index (χ2v) is 8.46. The van der Waals surface area contributed by atoms with Crippen LogP contribution in [0.4, 0.5) is 0 Å². The number of sulfonamides is 1. The highest BCUT2D eigenvalue weighted by Gasteiger charge is 2.33. The van der Waals surface area contributed by atoms with Gasteiger partial charge in [-0.1, -0.05) is 0 Å². The van der Waals surface area contributed by atoms with Gasteiger partial charge in [-0.2, -0.15) is 0 Å². The Balaban J connectivity index is 1.50. The van der Waals surface area contributed by atoms with E-state index in [2.05, 4.69) is 14.9 Å². The molecule has 3 unspecified atom stereocenters. The molecule has 5 nitrogen and oxygen atoms in total. The zero-order valence-electron chi connectivity index (χ0n) is 12.2. The molecule has 6 heteroatoms. The maximum Gasteiger partial charge on any atom is 0.212 e. The largest absolute Gasteiger partial charge is 0.316 e. The average molecular weight is 301 g/mol. The van der Waals surface area contributed by atoms with Crippen LogP contribution in [0.5, 0.6) is 0 Å². The summed E-state index contributed by atoms with van der Waals surface area (Å²) < 4.78 is 27.6. The SMILES string of the molecule is O=S(=O)(CC1CCCNC1)NC1CCN2CCCC2C1. The first kappa shape index (κ1) is 14.8. The average Bonchev–Trinajstić information content (AvgIpc) is 2.86. The van der Waals surface area contributed by atoms with Gasteiger partial charge in [0.05, 0.1) is 5.75 Å². The van der Waals surface area contributed by atoms with E-state index in [4.69, 9.17) is 0 Å². The molecule has 0 bridgehead atoms. The van der Waals surface area contributed by atoms with E-state index in [0.29, 0.717) is 11.8 Å². The molecular formula is C14H27N3O2S. The summed E-state index contributed by atoms with van der Waals surface area (Å²) in [5, 5.41) is 3.29. The predicted molar refractivity (Wildman–Crippen MR) is 80.1 cm³/mol. The summed E-state index contributed by atoms with van der Waals surface area (Å²) in [5.74, 6) is 0.582. The highest BCUT2D eigenvalue weighted by Crippen LogP contribution is 2.27. The Morgan fingerprint density at radius 1 is 1.15 bits per heavy atom. The van der Waals surface area contributed by atoms with Crippen LogP contribution >= 0.6 is 0 Å². The van der Waals surface area contributed by atoms with Gasteiger partial charge in [0.1, 0.15) is 0 Å². The van der Waals surface area contributed by atoms with Gasteiger partial charge in [-0.05, 0) is 70.6 Å². The van der Waals surface area contributed by atoms with Crippen molar-refractivity contribution < 1.29 is 8.42 Å². The van der Waals surface area contributed by atoms with Gasteiger partial charge in [0.2, 0.25) is 10.0 Å². The lowest BCUT2D eigenvalue weighted by Gasteiger charge is -2.35. The number of nitrogens with zero attached hydrogens (tertiary/aromatic N) is 1. The normalized spacial score (nSPS) is 35.9. The van der Waals surface area contributed by atoms with Gasteiger partial charge in [0.25, 0.3) is 0 Å². The van der Waals surface area contributed by atoms with E-state index in [0.717, 1.165) is 45.3 Å². The lowest BCUT2D eigenvalue weighted by atomic mass is 9.99. The summed E-state index contributed by atoms with van der Waals surface area (Å²) in [6.07, 6.45) is 6.62. The zero-order valence-corrected chi connectivity index (χ0v) is 13.0. The van der Waals surface area contributed by atoms with Crippen molar-refractivity contribution in [3.8, 4) is 0 Å². The summed E-state index contributed by atoms with van der Waals surface area (Å²) in [4.78, 5) is 2.52. The van der Waals surface area contributed by atoms with Crippen molar-refractivity contribution >= 4 is 10.0 Å². The molecule has 0 radical (unpaired) electrons. The number of hydrogen-bond acceptors (Lipinski definition) is 4. The molecule has 3 atom stereocenters. The van der Waals surface area contributed by atoms with Crippen LogP contribution in [0.1, 0.15) is 38.5 Å². The van der Waals surface area contributed by atoms with Crippen LogP contribution < -0.4 is 10.0 Å². The second-order valence-electron chi connectivity index (χ2n) is 6.66. The fourth-order valence-corrected chi connectivity index (χ4v) is 5.73. The Labute approximate surface area is 122 Å². The fraction of sp³-hybridized carbons (Fsp3) is 1.00. The summed E-state index contributed by atoms with van der Waals surface area (Å²) in [6, 6.07) is 0.781. The van der Waals surface area contributed by atoms with Crippen molar-refractivity contribution in [2.45, 2.75) is 50.6 Å². The zero-order chi connectivity index (χ0) is 14.0. The van der Waals surface area contributed by atoms with Crippen LogP contribution in [0, 0.1) is 5.92 Å². The molecule has 0 aromatic heterocycles. The molecule has 3 fully saturated rings. The number of nitrogens with one attached hydrogen (secondary N) is 2. The standard InChI is InChI=1S/C14H27N3O2S/c18-20(19,11-12-3-1-6-15-10-12)16-13-5-8-17-7-2-4-14(17)9-13/h12-16H,1-11H2. The van der Waals surface area contributed by atoms with Crippen molar-refractivity contribution in [3.05, 3.63) is 0 Å². The topological polar surface area (TPSA) is 61.4 Å². The summed E-state index contributed by atoms with van der Waals surface area (Å²) in [7, 11) is -3.12. The molecule has 3 heterocycles. The summed E-state index contributed by atoms with van der Waals surface area (Å²) in [5.41, 5.74) is 0. The molecule has 0 aromatic carbocycles. The molecule has 0 aromatic rings. The van der Waals surface area contributed by atoms with Crippen molar-refractivity contribution in [1.82, 2.24) is 14.9 Å². The van der Waals surface area contributed by atoms with E-state index in [9.17, 15) is 8.42 Å². The molecule has 3 aliphatic rings. The number of rotatable bonds is 4. The lowest BCUT2D eigenvalue weighted by molar-refractivity contribution is 0.176. The Morgan fingerprint density at radius 3 is 2.85 bits per heavy atom. The van der Waals surface area contributed by atoms with Crippen molar-refractivity contribution in [3.63, 3.8) is 0 Å². The van der Waals surface area contributed by atoms with Crippen LogP contribution in [0.15, 0.2) is 0 Å². The molecule has 0 spiro atoms. The second kappa shape index (κ2) is 6.30. The van der Waals surface area contributed by atoms with Crippen LogP contribution in [-0.4, -0.2) is 57.3 Å². The molecule has 0 amide bonds. The maximum absolute atomic E-state index is 12.3. The molecule has 3 aliphatic heterocycles. The lowest BCUT2D eigenvalue weighted by Crippen LogP contribution is -2.48. The van der Waals surface area contributed by atoms with E-state index in [-0.39, 0.29) is 12.0 Å². The molecule has 3 rings (SSSR count). The monoisotopic (exact) mass is 301 g/mol. The summed E-state index contributed by atoms with van der Waals surface area (Å²) >= 11 is 0. The minimum absolute atomic E-state index is 0.163. The van der Waals surface area contributed by atoms with Crippen LogP contribution in [0.25, 0.3) is 0 Å². The third-order valence-corrected chi connectivity index (χ3v) is 6.62. The molecule has 20 heavy (non-hydrogen) atoms. The van der Waals surface area contributed by atoms with Gasteiger partial charge in [-0.25, -0.2) is 13.1 Å². The fourth-order valence-electron chi connectivity index (χ4n) is 4.01. The van der Waals surface area contributed by atoms with Crippen LogP contribution in [0.2, 0.25) is 0 Å². The summed E-state index contributed by atoms with van der Waals surface area (Å²) in [6.45, 7) is 4.15. The predicted octanol–water partition coefficient (Wildman–Crippen LogP) is 0.532. The highest BCUT2D eigenvalue weighted by molar-refractivity contribution is 7.89. The number of fused-ring (bicyclic) bond motifs is 1. The first-order valence-electron chi connectivity index (χ1n) is 8.07. The first-order valence-corrected chi connectivity index (χ1v) is 9.72. The van der Waals surface area contributed by atoms with Gasteiger partial charge in [-0.3, -0.25) is 0 Å². The van der Waals surface area contributed by atoms with Crippen molar-refractivity contribution in [2.75, 3.05) is 31.9 Å². The molecule has 0 saturated carbocycles. The van der Waals surface area contributed by atoms with Crippen LogP contribution in [-0.2, 0) is 10.0 Å². The molecular weight excluding hydrogens is 274 g/mol. The molecule has 0 aliphatic carbocycles. The van der Waals surface area contributed by atoms with Gasteiger partial charge >= 0.3 is 0 Å². The third-order valence-electron chi connectivity index (χ3n) is 5.02. The molecule has 2 N–H and O–H groups in total. The first-order chi connectivity index (χ1) is 9.62. The minimum atomic E-state index is -3.12. The van der Waals surface area contributed by atoms with Crippen molar-refractivity contribution in [2.24, 2.45) is 5.92 Å². The smallest absolute Gasteiger partial charge is 0.212 e. The Bertz CT molecular complexity index is 420. The van der Waals surface area contributed by atoms with E-state index >= 15 is 0 Å². The van der Waals surface area contributed by atoms with Gasteiger partial charge in [0, 0.05) is 12.1 Å². The highest BCUT2D eigenvalue weighted by atomic mass is 32.2. The van der Waals surface area contributed by atoms with E-state index in [1.807, 2.05) is 0 Å². The number of piperidine rings is 2. The Hall–Kier alpha value is -0.170. The minimum Gasteiger partial charge on any atom is -0.316 e. The molecule has 116 valence electrons. The van der Waals surface area contributed by atoms with Crippen LogP contribution in [0.3, 0.4) is 0 Å². The van der Waals surface area contributed by atoms with Gasteiger partial charge in [0.15, 0.2) is 0 Å². The quantitative estimate of drug-likeness (QED) is 0.795. The Morgan fingerprint density at radius 2 is 2.05 bits per heavy atom. The number of hydrogen-bond donors (Lipinski definition) is 2. The molecule has 3 saturated heterocycles. The maximum atomic E-state index is 12.3. The Kier molecular flexibility index (Phi) is 4.65. The van der Waals surface area contributed by atoms with Gasteiger partial charge in [-0.15, -0.1) is 0 Å². The van der Waals surface area contributed by atoms with E-state index in [1.165, 1.54) is 19.4 Å². The van der Waals surface area contributed by atoms with Crippen molar-refractivity contribution in [1.29, 1.82) is 0 Å². The third kappa shape index (κ3) is 3.72. The van der Waals surface area contributed by atoms with E-state index < -0.39 is 10.0 Å². The van der Waals surface area contributed by atoms with E-state index in [1.54, 1.807) is 0 Å².